The van der Waals surface area contributed by atoms with E-state index in [1.165, 1.54) is 0 Å². The zero-order chi connectivity index (χ0) is 15.6. The average Bonchev–Trinajstić information content (AvgIpc) is 2.54. The maximum absolute atomic E-state index is 11.5. The van der Waals surface area contributed by atoms with E-state index < -0.39 is 0 Å². The lowest BCUT2D eigenvalue weighted by atomic mass is 10.3. The van der Waals surface area contributed by atoms with Crippen LogP contribution >= 0.6 is 15.9 Å². The summed E-state index contributed by atoms with van der Waals surface area (Å²) < 4.78 is 16.9. The topological polar surface area (TPSA) is 44.8 Å². The van der Waals surface area contributed by atoms with Crippen molar-refractivity contribution < 1.29 is 19.0 Å². The van der Waals surface area contributed by atoms with E-state index in [9.17, 15) is 4.79 Å². The molecular formula is C17H17BrO4. The summed E-state index contributed by atoms with van der Waals surface area (Å²) in [6.45, 7) is 0.851. The van der Waals surface area contributed by atoms with Crippen LogP contribution < -0.4 is 9.47 Å². The molecule has 0 aliphatic carbocycles. The molecule has 0 aliphatic heterocycles. The summed E-state index contributed by atoms with van der Waals surface area (Å²) in [6.07, 6.45) is 0.215. The first-order valence-electron chi connectivity index (χ1n) is 6.96. The minimum absolute atomic E-state index is 0.215. The number of halogens is 1. The fourth-order valence-corrected chi connectivity index (χ4v) is 1.95. The molecule has 0 spiro atoms. The first-order chi connectivity index (χ1) is 10.7. The number of hydrogen-bond donors (Lipinski definition) is 0. The summed E-state index contributed by atoms with van der Waals surface area (Å²) in [7, 11) is 0. The molecule has 0 aromatic heterocycles. The van der Waals surface area contributed by atoms with Crippen LogP contribution in [0.5, 0.6) is 11.5 Å². The molecule has 0 saturated heterocycles. The monoisotopic (exact) mass is 364 g/mol. The van der Waals surface area contributed by atoms with Gasteiger partial charge in [-0.1, -0.05) is 34.1 Å². The molecule has 5 heteroatoms. The molecule has 2 aromatic carbocycles. The SMILES string of the molecule is O=C(CCOc1ccccc1)OCCOc1ccc(Br)cc1. The van der Waals surface area contributed by atoms with Crippen LogP contribution in [0.2, 0.25) is 0 Å². The van der Waals surface area contributed by atoms with Crippen molar-refractivity contribution in [2.75, 3.05) is 19.8 Å². The number of benzene rings is 2. The maximum Gasteiger partial charge on any atom is 0.309 e. The lowest BCUT2D eigenvalue weighted by Gasteiger charge is -2.08. The van der Waals surface area contributed by atoms with Crippen molar-refractivity contribution in [3.63, 3.8) is 0 Å². The highest BCUT2D eigenvalue weighted by atomic mass is 79.9. The maximum atomic E-state index is 11.5. The summed E-state index contributed by atoms with van der Waals surface area (Å²) in [4.78, 5) is 11.5. The number of ether oxygens (including phenoxy) is 3. The van der Waals surface area contributed by atoms with Gasteiger partial charge in [-0.2, -0.15) is 0 Å². The van der Waals surface area contributed by atoms with Crippen LogP contribution in [0, 0.1) is 0 Å². The van der Waals surface area contributed by atoms with Gasteiger partial charge in [0.25, 0.3) is 0 Å². The van der Waals surface area contributed by atoms with Crippen molar-refractivity contribution in [3.05, 3.63) is 59.1 Å². The minimum atomic E-state index is -0.296. The molecule has 0 N–H and O–H groups in total. The number of para-hydroxylation sites is 1. The normalized spacial score (nSPS) is 10.0. The summed E-state index contributed by atoms with van der Waals surface area (Å²) in [5, 5.41) is 0. The number of hydrogen-bond acceptors (Lipinski definition) is 4. The van der Waals surface area contributed by atoms with E-state index in [2.05, 4.69) is 15.9 Å². The summed E-state index contributed by atoms with van der Waals surface area (Å²) >= 11 is 3.35. The third kappa shape index (κ3) is 6.18. The Balaban J connectivity index is 1.55. The van der Waals surface area contributed by atoms with E-state index in [1.54, 1.807) is 0 Å². The highest BCUT2D eigenvalue weighted by Crippen LogP contribution is 2.15. The Morgan fingerprint density at radius 3 is 2.18 bits per heavy atom. The van der Waals surface area contributed by atoms with Gasteiger partial charge in [-0.05, 0) is 36.4 Å². The summed E-state index contributed by atoms with van der Waals surface area (Å²) in [5.41, 5.74) is 0. The second-order valence-corrected chi connectivity index (χ2v) is 5.35. The van der Waals surface area contributed by atoms with Crippen LogP contribution in [0.1, 0.15) is 6.42 Å². The van der Waals surface area contributed by atoms with E-state index in [0.29, 0.717) is 13.2 Å². The van der Waals surface area contributed by atoms with Crippen molar-refractivity contribution in [1.29, 1.82) is 0 Å². The van der Waals surface area contributed by atoms with Crippen LogP contribution in [-0.2, 0) is 9.53 Å². The molecule has 0 aliphatic rings. The van der Waals surface area contributed by atoms with Crippen LogP contribution in [0.4, 0.5) is 0 Å². The molecule has 0 amide bonds. The van der Waals surface area contributed by atoms with E-state index in [1.807, 2.05) is 54.6 Å². The first kappa shape index (κ1) is 16.4. The first-order valence-corrected chi connectivity index (χ1v) is 7.75. The third-order valence-electron chi connectivity index (χ3n) is 2.75. The number of carbonyl (C=O) groups is 1. The quantitative estimate of drug-likeness (QED) is 0.527. The van der Waals surface area contributed by atoms with Gasteiger partial charge in [0.2, 0.25) is 0 Å². The van der Waals surface area contributed by atoms with Crippen LogP contribution in [0.25, 0.3) is 0 Å². The third-order valence-corrected chi connectivity index (χ3v) is 3.28. The molecule has 22 heavy (non-hydrogen) atoms. The predicted octanol–water partition coefficient (Wildman–Crippen LogP) is 3.84. The van der Waals surface area contributed by atoms with Gasteiger partial charge in [-0.3, -0.25) is 4.79 Å². The molecule has 2 aromatic rings. The largest absolute Gasteiger partial charge is 0.493 e. The Bertz CT molecular complexity index is 569. The Morgan fingerprint density at radius 2 is 1.45 bits per heavy atom. The molecule has 0 heterocycles. The number of esters is 1. The van der Waals surface area contributed by atoms with Gasteiger partial charge in [0.15, 0.2) is 0 Å². The molecular weight excluding hydrogens is 348 g/mol. The molecule has 0 saturated carbocycles. The van der Waals surface area contributed by atoms with Gasteiger partial charge < -0.3 is 14.2 Å². The second-order valence-electron chi connectivity index (χ2n) is 4.43. The van der Waals surface area contributed by atoms with Gasteiger partial charge >= 0.3 is 5.97 Å². The molecule has 0 bridgehead atoms. The summed E-state index contributed by atoms with van der Waals surface area (Å²) in [6, 6.07) is 16.8. The van der Waals surface area contributed by atoms with Gasteiger partial charge in [-0.25, -0.2) is 0 Å². The van der Waals surface area contributed by atoms with E-state index >= 15 is 0 Å². The van der Waals surface area contributed by atoms with Gasteiger partial charge in [0.05, 0.1) is 13.0 Å². The fraction of sp³-hybridized carbons (Fsp3) is 0.235. The van der Waals surface area contributed by atoms with Gasteiger partial charge in [0, 0.05) is 4.47 Å². The second kappa shape index (κ2) is 9.10. The predicted molar refractivity (Wildman–Crippen MR) is 87.2 cm³/mol. The smallest absolute Gasteiger partial charge is 0.309 e. The summed E-state index contributed by atoms with van der Waals surface area (Å²) in [5.74, 6) is 1.19. The van der Waals surface area contributed by atoms with Crippen molar-refractivity contribution in [1.82, 2.24) is 0 Å². The Morgan fingerprint density at radius 1 is 0.818 bits per heavy atom. The van der Waals surface area contributed by atoms with E-state index in [-0.39, 0.29) is 19.0 Å². The number of carbonyl (C=O) groups excluding carboxylic acids is 1. The minimum Gasteiger partial charge on any atom is -0.493 e. The molecule has 0 atom stereocenters. The lowest BCUT2D eigenvalue weighted by molar-refractivity contribution is -0.144. The Labute approximate surface area is 138 Å². The van der Waals surface area contributed by atoms with E-state index in [0.717, 1.165) is 16.0 Å². The van der Waals surface area contributed by atoms with Crippen LogP contribution in [-0.4, -0.2) is 25.8 Å². The Hall–Kier alpha value is -2.01. The molecule has 0 unspecified atom stereocenters. The lowest BCUT2D eigenvalue weighted by Crippen LogP contribution is -2.14. The molecule has 0 radical (unpaired) electrons. The Kier molecular flexibility index (Phi) is 6.77. The van der Waals surface area contributed by atoms with Crippen molar-refractivity contribution in [2.24, 2.45) is 0 Å². The molecule has 116 valence electrons. The number of rotatable bonds is 8. The van der Waals surface area contributed by atoms with Crippen LogP contribution in [0.3, 0.4) is 0 Å². The standard InChI is InChI=1S/C17H17BrO4/c18-14-6-8-16(9-7-14)21-12-13-22-17(19)10-11-20-15-4-2-1-3-5-15/h1-9H,10-13H2. The zero-order valence-corrected chi connectivity index (χ0v) is 13.6. The van der Waals surface area contributed by atoms with E-state index in [4.69, 9.17) is 14.2 Å². The fourth-order valence-electron chi connectivity index (χ4n) is 1.69. The molecule has 4 nitrogen and oxygen atoms in total. The highest BCUT2D eigenvalue weighted by molar-refractivity contribution is 9.10. The highest BCUT2D eigenvalue weighted by Gasteiger charge is 2.03. The van der Waals surface area contributed by atoms with Crippen molar-refractivity contribution in [2.45, 2.75) is 6.42 Å². The molecule has 2 rings (SSSR count). The average molecular weight is 365 g/mol. The van der Waals surface area contributed by atoms with Crippen molar-refractivity contribution in [3.8, 4) is 11.5 Å². The van der Waals surface area contributed by atoms with Gasteiger partial charge in [-0.15, -0.1) is 0 Å². The molecule has 0 fully saturated rings. The van der Waals surface area contributed by atoms with Gasteiger partial charge in [0.1, 0.15) is 24.7 Å². The van der Waals surface area contributed by atoms with Crippen LogP contribution in [0.15, 0.2) is 59.1 Å². The van der Waals surface area contributed by atoms with Crippen molar-refractivity contribution >= 4 is 21.9 Å². The zero-order valence-electron chi connectivity index (χ0n) is 12.0.